The zero-order valence-corrected chi connectivity index (χ0v) is 15.6. The highest BCUT2D eigenvalue weighted by molar-refractivity contribution is 6.06. The maximum Gasteiger partial charge on any atom is 0.254 e. The van der Waals surface area contributed by atoms with Gasteiger partial charge in [0.2, 0.25) is 5.56 Å². The number of carbonyl (C=O) groups excluding carboxylic acids is 1. The van der Waals surface area contributed by atoms with E-state index >= 15 is 0 Å². The Labute approximate surface area is 165 Å². The van der Waals surface area contributed by atoms with Crippen molar-refractivity contribution in [3.05, 3.63) is 76.1 Å². The summed E-state index contributed by atoms with van der Waals surface area (Å²) in [6, 6.07) is 13.3. The topological polar surface area (TPSA) is 81.8 Å². The lowest BCUT2D eigenvalue weighted by molar-refractivity contribution is 0.0713. The number of amides is 1. The first-order valence-corrected chi connectivity index (χ1v) is 9.65. The van der Waals surface area contributed by atoms with Crippen molar-refractivity contribution in [2.75, 3.05) is 13.1 Å². The summed E-state index contributed by atoms with van der Waals surface area (Å²) in [5, 5.41) is 0.551. The maximum atomic E-state index is 13.5. The van der Waals surface area contributed by atoms with Crippen molar-refractivity contribution in [3.63, 3.8) is 0 Å². The number of nitrogens with one attached hydrogen (secondary N) is 2. The van der Waals surface area contributed by atoms with Crippen LogP contribution in [-0.2, 0) is 0 Å². The van der Waals surface area contributed by atoms with E-state index in [0.717, 1.165) is 29.7 Å². The minimum absolute atomic E-state index is 0.198. The third-order valence-corrected chi connectivity index (χ3v) is 5.61. The molecule has 29 heavy (non-hydrogen) atoms. The smallest absolute Gasteiger partial charge is 0.254 e. The number of rotatable bonds is 2. The Bertz CT molecular complexity index is 1250. The molecule has 7 heteroatoms. The van der Waals surface area contributed by atoms with Gasteiger partial charge in [-0.15, -0.1) is 0 Å². The molecule has 0 spiro atoms. The molecular weight excluding hydrogens is 371 g/mol. The highest BCUT2D eigenvalue weighted by atomic mass is 19.1. The monoisotopic (exact) mass is 390 g/mol. The number of hydrogen-bond donors (Lipinski definition) is 2. The first-order valence-electron chi connectivity index (χ1n) is 9.65. The molecule has 1 amide bonds. The van der Waals surface area contributed by atoms with Gasteiger partial charge in [0, 0.05) is 30.5 Å². The van der Waals surface area contributed by atoms with Crippen LogP contribution in [0.25, 0.3) is 21.9 Å². The fourth-order valence-electron chi connectivity index (χ4n) is 4.10. The molecule has 2 aromatic carbocycles. The van der Waals surface area contributed by atoms with Crippen LogP contribution >= 0.6 is 0 Å². The van der Waals surface area contributed by atoms with Gasteiger partial charge in [-0.2, -0.15) is 0 Å². The minimum atomic E-state index is -0.454. The number of H-pyrrole nitrogens is 2. The fraction of sp³-hybridized carbons (Fsp3) is 0.227. The summed E-state index contributed by atoms with van der Waals surface area (Å²) in [7, 11) is 0. The molecule has 2 N–H and O–H groups in total. The van der Waals surface area contributed by atoms with Gasteiger partial charge in [-0.25, -0.2) is 9.37 Å². The highest BCUT2D eigenvalue weighted by Gasteiger charge is 2.27. The molecule has 1 aliphatic heterocycles. The van der Waals surface area contributed by atoms with E-state index in [1.165, 1.54) is 24.3 Å². The molecule has 0 atom stereocenters. The summed E-state index contributed by atoms with van der Waals surface area (Å²) in [5.74, 6) is 0.562. The Kier molecular flexibility index (Phi) is 4.16. The van der Waals surface area contributed by atoms with Gasteiger partial charge in [0.25, 0.3) is 5.91 Å². The number of imidazole rings is 1. The Morgan fingerprint density at radius 2 is 1.83 bits per heavy atom. The van der Waals surface area contributed by atoms with Crippen LogP contribution in [0.4, 0.5) is 4.39 Å². The number of hydrogen-bond acceptors (Lipinski definition) is 3. The Morgan fingerprint density at radius 3 is 2.62 bits per heavy atom. The molecule has 3 heterocycles. The number of likely N-dealkylation sites (tertiary alicyclic amines) is 1. The summed E-state index contributed by atoms with van der Waals surface area (Å²) in [6.45, 7) is 1.16. The van der Waals surface area contributed by atoms with E-state index < -0.39 is 11.4 Å². The van der Waals surface area contributed by atoms with Gasteiger partial charge in [-0.1, -0.05) is 12.1 Å². The molecule has 0 unspecified atom stereocenters. The number of carbonyl (C=O) groups is 1. The molecule has 5 rings (SSSR count). The average molecular weight is 390 g/mol. The van der Waals surface area contributed by atoms with Gasteiger partial charge >= 0.3 is 0 Å². The Hall–Kier alpha value is -3.48. The van der Waals surface area contributed by atoms with Crippen LogP contribution in [-0.4, -0.2) is 38.8 Å². The van der Waals surface area contributed by atoms with Gasteiger partial charge in [-0.05, 0) is 43.2 Å². The zero-order valence-electron chi connectivity index (χ0n) is 15.6. The van der Waals surface area contributed by atoms with Crippen LogP contribution in [0.5, 0.6) is 0 Å². The summed E-state index contributed by atoms with van der Waals surface area (Å²) in [4.78, 5) is 37.5. The number of halogens is 1. The molecule has 0 saturated carbocycles. The molecule has 6 nitrogen and oxygen atoms in total. The van der Waals surface area contributed by atoms with Gasteiger partial charge in [0.1, 0.15) is 11.6 Å². The number of fused-ring (bicyclic) bond motifs is 2. The van der Waals surface area contributed by atoms with E-state index in [2.05, 4.69) is 15.0 Å². The second-order valence-corrected chi connectivity index (χ2v) is 7.44. The van der Waals surface area contributed by atoms with Gasteiger partial charge in [0.05, 0.1) is 22.1 Å². The van der Waals surface area contributed by atoms with Crippen molar-refractivity contribution >= 4 is 27.8 Å². The lowest BCUT2D eigenvalue weighted by Crippen LogP contribution is -2.38. The lowest BCUT2D eigenvalue weighted by atomic mass is 9.95. The van der Waals surface area contributed by atoms with Crippen molar-refractivity contribution in [2.45, 2.75) is 18.8 Å². The number of para-hydroxylation sites is 2. The van der Waals surface area contributed by atoms with Gasteiger partial charge in [-0.3, -0.25) is 9.59 Å². The molecule has 1 saturated heterocycles. The second-order valence-electron chi connectivity index (χ2n) is 7.44. The first kappa shape index (κ1) is 17.6. The number of piperidine rings is 1. The summed E-state index contributed by atoms with van der Waals surface area (Å²) >= 11 is 0. The van der Waals surface area contributed by atoms with Crippen molar-refractivity contribution in [1.29, 1.82) is 0 Å². The number of nitrogens with zero attached hydrogens (tertiary/aromatic N) is 2. The van der Waals surface area contributed by atoms with E-state index in [9.17, 15) is 14.0 Å². The molecule has 0 bridgehead atoms. The number of benzene rings is 2. The minimum Gasteiger partial charge on any atom is -0.342 e. The van der Waals surface area contributed by atoms with Crippen LogP contribution < -0.4 is 5.56 Å². The first-order chi connectivity index (χ1) is 14.1. The van der Waals surface area contributed by atoms with Gasteiger partial charge in [0.15, 0.2) is 0 Å². The van der Waals surface area contributed by atoms with Crippen molar-refractivity contribution in [1.82, 2.24) is 19.9 Å². The fourth-order valence-corrected chi connectivity index (χ4v) is 4.10. The standard InChI is InChI=1S/C22H19FN4O2/c23-14-5-6-15-16(12-20(28)24-19(15)11-14)22(29)27-9-7-13(8-10-27)21-25-17-3-1-2-4-18(17)26-21/h1-6,11-13H,7-10H2,(H,24,28)(H,25,26). The molecule has 0 radical (unpaired) electrons. The van der Waals surface area contributed by atoms with E-state index in [1.807, 2.05) is 24.3 Å². The quantitative estimate of drug-likeness (QED) is 0.549. The van der Waals surface area contributed by atoms with Crippen LogP contribution in [0.2, 0.25) is 0 Å². The Balaban J connectivity index is 1.37. The second kappa shape index (κ2) is 6.84. The maximum absolute atomic E-state index is 13.5. The van der Waals surface area contributed by atoms with Crippen molar-refractivity contribution in [3.8, 4) is 0 Å². The van der Waals surface area contributed by atoms with Crippen LogP contribution in [0, 0.1) is 5.82 Å². The molecular formula is C22H19FN4O2. The predicted molar refractivity (Wildman–Crippen MR) is 108 cm³/mol. The number of aromatic nitrogens is 3. The number of aromatic amines is 2. The third kappa shape index (κ3) is 3.18. The van der Waals surface area contributed by atoms with Crippen LogP contribution in [0.1, 0.15) is 34.9 Å². The normalized spacial score (nSPS) is 15.3. The van der Waals surface area contributed by atoms with Crippen molar-refractivity contribution < 1.29 is 9.18 Å². The van der Waals surface area contributed by atoms with E-state index in [-0.39, 0.29) is 11.8 Å². The largest absolute Gasteiger partial charge is 0.342 e. The van der Waals surface area contributed by atoms with E-state index in [4.69, 9.17) is 0 Å². The molecule has 1 aliphatic rings. The van der Waals surface area contributed by atoms with Crippen LogP contribution in [0.3, 0.4) is 0 Å². The molecule has 1 fully saturated rings. The zero-order chi connectivity index (χ0) is 20.0. The molecule has 0 aliphatic carbocycles. The number of pyridine rings is 1. The average Bonchev–Trinajstić information content (AvgIpc) is 3.17. The lowest BCUT2D eigenvalue weighted by Gasteiger charge is -2.31. The third-order valence-electron chi connectivity index (χ3n) is 5.61. The molecule has 2 aromatic heterocycles. The molecule has 146 valence electrons. The van der Waals surface area contributed by atoms with E-state index in [1.54, 1.807) is 4.90 Å². The molecule has 4 aromatic rings. The predicted octanol–water partition coefficient (Wildman–Crippen LogP) is 3.56. The highest BCUT2D eigenvalue weighted by Crippen LogP contribution is 2.29. The summed E-state index contributed by atoms with van der Waals surface area (Å²) in [5.41, 5.74) is 2.19. The van der Waals surface area contributed by atoms with Crippen LogP contribution in [0.15, 0.2) is 53.3 Å². The van der Waals surface area contributed by atoms with Crippen molar-refractivity contribution in [2.24, 2.45) is 0 Å². The SMILES string of the molecule is O=C(c1cc(=O)[nH]c2cc(F)ccc12)N1CCC(c2nc3ccccc3[nH]2)CC1. The summed E-state index contributed by atoms with van der Waals surface area (Å²) in [6.07, 6.45) is 1.59. The van der Waals surface area contributed by atoms with Gasteiger partial charge < -0.3 is 14.9 Å². The summed E-state index contributed by atoms with van der Waals surface area (Å²) < 4.78 is 13.5. The Morgan fingerprint density at radius 1 is 1.03 bits per heavy atom. The van der Waals surface area contributed by atoms with E-state index in [0.29, 0.717) is 29.6 Å².